The summed E-state index contributed by atoms with van der Waals surface area (Å²) in [5.41, 5.74) is 0.189. The number of hydrogen-bond acceptors (Lipinski definition) is 4. The van der Waals surface area contributed by atoms with Gasteiger partial charge in [0.2, 0.25) is 0 Å². The van der Waals surface area contributed by atoms with Crippen LogP contribution in [0, 0.1) is 0 Å². The normalized spacial score (nSPS) is 15.3. The Balaban J connectivity index is 1.81. The van der Waals surface area contributed by atoms with Gasteiger partial charge in [-0.3, -0.25) is 4.90 Å². The number of aliphatic imine (C=N–C) groups is 1. The maximum absolute atomic E-state index is 10.6. The molecule has 1 aromatic heterocycles. The first-order chi connectivity index (χ1) is 13.4. The van der Waals surface area contributed by atoms with Gasteiger partial charge in [0.15, 0.2) is 5.96 Å². The number of nitrogens with zero attached hydrogens (tertiary/aromatic N) is 2. The molecule has 0 aliphatic rings. The van der Waals surface area contributed by atoms with Gasteiger partial charge in [-0.1, -0.05) is 30.3 Å². The van der Waals surface area contributed by atoms with Crippen LogP contribution in [0.5, 0.6) is 0 Å². The van der Waals surface area contributed by atoms with Crippen LogP contribution in [0.2, 0.25) is 0 Å². The largest absolute Gasteiger partial charge is 0.466 e. The fourth-order valence-corrected chi connectivity index (χ4v) is 2.88. The lowest BCUT2D eigenvalue weighted by molar-refractivity contribution is 0.0437. The monoisotopic (exact) mass is 386 g/mol. The van der Waals surface area contributed by atoms with Crippen molar-refractivity contribution >= 4 is 5.96 Å². The van der Waals surface area contributed by atoms with Gasteiger partial charge in [0.05, 0.1) is 12.8 Å². The third-order valence-corrected chi connectivity index (χ3v) is 4.82. The van der Waals surface area contributed by atoms with Crippen molar-refractivity contribution in [3.63, 3.8) is 0 Å². The molecule has 0 aliphatic carbocycles. The Morgan fingerprint density at radius 3 is 2.61 bits per heavy atom. The molecule has 3 N–H and O–H groups in total. The molecule has 154 valence electrons. The molecule has 0 amide bonds. The molecular formula is C22H34N4O2. The Labute approximate surface area is 168 Å². The summed E-state index contributed by atoms with van der Waals surface area (Å²) < 4.78 is 5.31. The summed E-state index contributed by atoms with van der Waals surface area (Å²) in [5.74, 6) is 1.22. The lowest BCUT2D eigenvalue weighted by atomic mass is 10.0. The first-order valence-electron chi connectivity index (χ1n) is 9.95. The predicted molar refractivity (Wildman–Crippen MR) is 114 cm³/mol. The molecule has 0 saturated carbocycles. The predicted octanol–water partition coefficient (Wildman–Crippen LogP) is 2.95. The molecule has 0 spiro atoms. The molecule has 0 radical (unpaired) electrons. The van der Waals surface area contributed by atoms with Gasteiger partial charge >= 0.3 is 0 Å². The van der Waals surface area contributed by atoms with Crippen LogP contribution < -0.4 is 10.6 Å². The smallest absolute Gasteiger partial charge is 0.191 e. The molecule has 2 rings (SSSR count). The van der Waals surface area contributed by atoms with E-state index < -0.39 is 5.60 Å². The molecule has 6 nitrogen and oxygen atoms in total. The lowest BCUT2D eigenvalue weighted by Crippen LogP contribution is -2.41. The van der Waals surface area contributed by atoms with Crippen molar-refractivity contribution in [3.8, 4) is 0 Å². The van der Waals surface area contributed by atoms with Gasteiger partial charge < -0.3 is 20.2 Å². The first kappa shape index (κ1) is 22.0. The highest BCUT2D eigenvalue weighted by atomic mass is 16.4. The second kappa shape index (κ2) is 10.9. The Kier molecular flexibility index (Phi) is 8.54. The van der Waals surface area contributed by atoms with Gasteiger partial charge in [-0.2, -0.15) is 0 Å². The van der Waals surface area contributed by atoms with Crippen LogP contribution in [0.1, 0.15) is 38.5 Å². The Morgan fingerprint density at radius 1 is 1.21 bits per heavy atom. The molecule has 1 aromatic carbocycles. The fourth-order valence-electron chi connectivity index (χ4n) is 2.88. The molecule has 2 aromatic rings. The van der Waals surface area contributed by atoms with Crippen molar-refractivity contribution in [1.29, 1.82) is 0 Å². The second-order valence-electron chi connectivity index (χ2n) is 7.41. The zero-order valence-electron chi connectivity index (χ0n) is 17.5. The van der Waals surface area contributed by atoms with E-state index in [1.165, 1.54) is 5.56 Å². The highest BCUT2D eigenvalue weighted by Crippen LogP contribution is 2.21. The molecule has 28 heavy (non-hydrogen) atoms. The molecule has 2 unspecified atom stereocenters. The number of nitrogens with one attached hydrogen (secondary N) is 2. The Hall–Kier alpha value is -2.31. The molecule has 1 heterocycles. The maximum atomic E-state index is 10.6. The third-order valence-electron chi connectivity index (χ3n) is 4.82. The molecule has 0 bridgehead atoms. The Morgan fingerprint density at radius 2 is 1.96 bits per heavy atom. The highest BCUT2D eigenvalue weighted by molar-refractivity contribution is 5.79. The van der Waals surface area contributed by atoms with E-state index in [0.29, 0.717) is 17.8 Å². The third kappa shape index (κ3) is 7.02. The van der Waals surface area contributed by atoms with Crippen LogP contribution >= 0.6 is 0 Å². The second-order valence-corrected chi connectivity index (χ2v) is 7.41. The lowest BCUT2D eigenvalue weighted by Gasteiger charge is -2.25. The van der Waals surface area contributed by atoms with E-state index in [0.717, 1.165) is 26.1 Å². The van der Waals surface area contributed by atoms with Crippen LogP contribution in [0.4, 0.5) is 0 Å². The van der Waals surface area contributed by atoms with E-state index in [1.54, 1.807) is 25.3 Å². The standard InChI is InChI=1S/C22H34N4O2/c1-5-23-21(25-17-22(3,27)20-12-9-15-28-20)24-14-13-18(2)26(4)16-19-10-7-6-8-11-19/h6-12,15,18,27H,5,13-14,16-17H2,1-4H3,(H2,23,24,25). The number of hydrogen-bond donors (Lipinski definition) is 3. The van der Waals surface area contributed by atoms with Gasteiger partial charge in [0, 0.05) is 25.7 Å². The van der Waals surface area contributed by atoms with E-state index in [-0.39, 0.29) is 6.54 Å². The van der Waals surface area contributed by atoms with E-state index in [2.05, 4.69) is 58.8 Å². The van der Waals surface area contributed by atoms with Gasteiger partial charge in [0.1, 0.15) is 11.4 Å². The molecule has 0 fully saturated rings. The van der Waals surface area contributed by atoms with Crippen LogP contribution in [0.3, 0.4) is 0 Å². The number of guanidine groups is 1. The van der Waals surface area contributed by atoms with Crippen molar-refractivity contribution in [3.05, 3.63) is 60.1 Å². The molecular weight excluding hydrogens is 352 g/mol. The molecule has 6 heteroatoms. The van der Waals surface area contributed by atoms with Crippen molar-refractivity contribution in [1.82, 2.24) is 15.5 Å². The fraction of sp³-hybridized carbons (Fsp3) is 0.500. The zero-order chi connectivity index (χ0) is 20.4. The zero-order valence-corrected chi connectivity index (χ0v) is 17.5. The van der Waals surface area contributed by atoms with Gasteiger partial charge in [-0.25, -0.2) is 4.99 Å². The van der Waals surface area contributed by atoms with Crippen molar-refractivity contribution < 1.29 is 9.52 Å². The number of benzene rings is 1. The van der Waals surface area contributed by atoms with E-state index >= 15 is 0 Å². The van der Waals surface area contributed by atoms with Crippen LogP contribution in [0.15, 0.2) is 58.1 Å². The van der Waals surface area contributed by atoms with Crippen LogP contribution in [-0.2, 0) is 12.1 Å². The average molecular weight is 387 g/mol. The quantitative estimate of drug-likeness (QED) is 0.432. The number of rotatable bonds is 10. The molecule has 0 aliphatic heterocycles. The highest BCUT2D eigenvalue weighted by Gasteiger charge is 2.26. The van der Waals surface area contributed by atoms with Crippen LogP contribution in [-0.4, -0.2) is 48.7 Å². The van der Waals surface area contributed by atoms with Crippen molar-refractivity contribution in [2.75, 3.05) is 26.7 Å². The summed E-state index contributed by atoms with van der Waals surface area (Å²) in [6.07, 6.45) is 2.55. The van der Waals surface area contributed by atoms with E-state index in [1.807, 2.05) is 13.0 Å². The summed E-state index contributed by atoms with van der Waals surface area (Å²) in [6.45, 7) is 8.68. The minimum Gasteiger partial charge on any atom is -0.466 e. The minimum absolute atomic E-state index is 0.222. The molecule has 0 saturated heterocycles. The Bertz CT molecular complexity index is 699. The minimum atomic E-state index is -1.13. The SMILES string of the molecule is CCNC(=NCC(C)(O)c1ccco1)NCCC(C)N(C)Cc1ccccc1. The average Bonchev–Trinajstić information content (AvgIpc) is 3.22. The number of aliphatic hydroxyl groups is 1. The summed E-state index contributed by atoms with van der Waals surface area (Å²) >= 11 is 0. The van der Waals surface area contributed by atoms with E-state index in [4.69, 9.17) is 4.42 Å². The summed E-state index contributed by atoms with van der Waals surface area (Å²) in [5, 5.41) is 17.1. The maximum Gasteiger partial charge on any atom is 0.191 e. The summed E-state index contributed by atoms with van der Waals surface area (Å²) in [4.78, 5) is 6.87. The van der Waals surface area contributed by atoms with Gasteiger partial charge in [-0.05, 0) is 51.9 Å². The van der Waals surface area contributed by atoms with Crippen molar-refractivity contribution in [2.45, 2.75) is 45.4 Å². The van der Waals surface area contributed by atoms with E-state index in [9.17, 15) is 5.11 Å². The number of furan rings is 1. The van der Waals surface area contributed by atoms with Gasteiger partial charge in [-0.15, -0.1) is 0 Å². The summed E-state index contributed by atoms with van der Waals surface area (Å²) in [6, 6.07) is 14.5. The van der Waals surface area contributed by atoms with Gasteiger partial charge in [0.25, 0.3) is 0 Å². The van der Waals surface area contributed by atoms with Crippen molar-refractivity contribution in [2.24, 2.45) is 4.99 Å². The molecule has 2 atom stereocenters. The first-order valence-corrected chi connectivity index (χ1v) is 9.95. The van der Waals surface area contributed by atoms with Crippen LogP contribution in [0.25, 0.3) is 0 Å². The topological polar surface area (TPSA) is 73.0 Å². The summed E-state index contributed by atoms with van der Waals surface area (Å²) in [7, 11) is 2.15.